The first-order chi connectivity index (χ1) is 9.69. The Balaban J connectivity index is 2.04. The Kier molecular flexibility index (Phi) is 4.62. The number of carbonyl (C=O) groups excluding carboxylic acids is 1. The molecule has 0 amide bonds. The lowest BCUT2D eigenvalue weighted by Gasteiger charge is -2.36. The van der Waals surface area contributed by atoms with E-state index in [1.165, 1.54) is 5.56 Å². The van der Waals surface area contributed by atoms with Crippen LogP contribution >= 0.6 is 0 Å². The second-order valence-corrected chi connectivity index (χ2v) is 12.5. The summed E-state index contributed by atoms with van der Waals surface area (Å²) in [5.41, 5.74) is 1.35. The number of rotatable bonds is 3. The van der Waals surface area contributed by atoms with Crippen LogP contribution in [-0.4, -0.2) is 14.1 Å². The fourth-order valence-corrected chi connectivity index (χ4v) is 3.56. The normalized spacial score (nSPS) is 17.9. The number of carbonyl (C=O) groups is 1. The maximum absolute atomic E-state index is 11.3. The predicted octanol–water partition coefficient (Wildman–Crippen LogP) is 5.30. The van der Waals surface area contributed by atoms with Crippen molar-refractivity contribution in [3.63, 3.8) is 0 Å². The van der Waals surface area contributed by atoms with E-state index < -0.39 is 8.32 Å². The van der Waals surface area contributed by atoms with Gasteiger partial charge in [0.1, 0.15) is 11.5 Å². The van der Waals surface area contributed by atoms with Gasteiger partial charge in [0.2, 0.25) is 8.32 Å². The minimum Gasteiger partial charge on any atom is -0.544 e. The van der Waals surface area contributed by atoms with Gasteiger partial charge in [0.15, 0.2) is 0 Å². The molecule has 0 unspecified atom stereocenters. The monoisotopic (exact) mass is 304 g/mol. The van der Waals surface area contributed by atoms with Crippen molar-refractivity contribution in [1.29, 1.82) is 0 Å². The molecule has 1 aromatic rings. The lowest BCUT2D eigenvalue weighted by molar-refractivity contribution is -0.120. The number of Topliss-reactive ketones (excluding diaryl/α,β-unsaturated/α-hetero) is 1. The third-order valence-corrected chi connectivity index (χ3v) is 9.43. The Bertz CT molecular complexity index is 487. The van der Waals surface area contributed by atoms with Gasteiger partial charge in [-0.05, 0) is 54.6 Å². The zero-order valence-electron chi connectivity index (χ0n) is 14.0. The van der Waals surface area contributed by atoms with E-state index in [9.17, 15) is 4.79 Å². The van der Waals surface area contributed by atoms with Crippen molar-refractivity contribution in [1.82, 2.24) is 0 Å². The largest absolute Gasteiger partial charge is 0.544 e. The van der Waals surface area contributed by atoms with E-state index in [-0.39, 0.29) is 5.04 Å². The van der Waals surface area contributed by atoms with Crippen LogP contribution in [0.3, 0.4) is 0 Å². The van der Waals surface area contributed by atoms with E-state index in [4.69, 9.17) is 4.43 Å². The summed E-state index contributed by atoms with van der Waals surface area (Å²) in [5.74, 6) is 1.95. The smallest absolute Gasteiger partial charge is 0.250 e. The summed E-state index contributed by atoms with van der Waals surface area (Å²) in [6, 6.07) is 8.57. The number of hydrogen-bond acceptors (Lipinski definition) is 2. The molecule has 1 fully saturated rings. The van der Waals surface area contributed by atoms with Crippen LogP contribution in [0.5, 0.6) is 5.75 Å². The van der Waals surface area contributed by atoms with Crippen LogP contribution in [0, 0.1) is 0 Å². The van der Waals surface area contributed by atoms with E-state index in [2.05, 4.69) is 58.1 Å². The van der Waals surface area contributed by atoms with Crippen molar-refractivity contribution in [2.24, 2.45) is 0 Å². The Hall–Kier alpha value is -1.09. The SMILES string of the molecule is CC(C)(C)[Si](C)(C)Oc1ccc(C2CCC(=O)CC2)cc1. The third-order valence-electron chi connectivity index (χ3n) is 5.07. The Labute approximate surface area is 130 Å². The molecule has 0 radical (unpaired) electrons. The Morgan fingerprint density at radius 2 is 1.57 bits per heavy atom. The van der Waals surface area contributed by atoms with E-state index >= 15 is 0 Å². The Morgan fingerprint density at radius 3 is 2.05 bits per heavy atom. The molecule has 0 atom stereocenters. The van der Waals surface area contributed by atoms with Crippen LogP contribution in [0.25, 0.3) is 0 Å². The molecule has 1 aliphatic rings. The molecule has 0 bridgehead atoms. The number of benzene rings is 1. The highest BCUT2D eigenvalue weighted by atomic mass is 28.4. The van der Waals surface area contributed by atoms with Crippen LogP contribution in [-0.2, 0) is 4.79 Å². The molecule has 2 nitrogen and oxygen atoms in total. The molecule has 1 saturated carbocycles. The van der Waals surface area contributed by atoms with Gasteiger partial charge < -0.3 is 4.43 Å². The fourth-order valence-electron chi connectivity index (χ4n) is 2.53. The van der Waals surface area contributed by atoms with Gasteiger partial charge in [0.05, 0.1) is 0 Å². The highest BCUT2D eigenvalue weighted by Crippen LogP contribution is 2.38. The second kappa shape index (κ2) is 5.96. The summed E-state index contributed by atoms with van der Waals surface area (Å²) in [6.45, 7) is 11.3. The van der Waals surface area contributed by atoms with Crippen molar-refractivity contribution in [2.75, 3.05) is 0 Å². The highest BCUT2D eigenvalue weighted by Gasteiger charge is 2.38. The van der Waals surface area contributed by atoms with Crippen LogP contribution in [0.1, 0.15) is 57.9 Å². The van der Waals surface area contributed by atoms with E-state index in [0.717, 1.165) is 31.4 Å². The van der Waals surface area contributed by atoms with Crippen molar-refractivity contribution < 1.29 is 9.22 Å². The van der Waals surface area contributed by atoms with E-state index in [1.807, 2.05) is 0 Å². The summed E-state index contributed by atoms with van der Waals surface area (Å²) in [6.07, 6.45) is 3.49. The molecule has 3 heteroatoms. The summed E-state index contributed by atoms with van der Waals surface area (Å²) >= 11 is 0. The summed E-state index contributed by atoms with van der Waals surface area (Å²) < 4.78 is 6.31. The third kappa shape index (κ3) is 3.97. The quantitative estimate of drug-likeness (QED) is 0.708. The Morgan fingerprint density at radius 1 is 1.05 bits per heavy atom. The zero-order valence-corrected chi connectivity index (χ0v) is 15.0. The van der Waals surface area contributed by atoms with Gasteiger partial charge in [-0.2, -0.15) is 0 Å². The molecule has 21 heavy (non-hydrogen) atoms. The van der Waals surface area contributed by atoms with Gasteiger partial charge in [-0.3, -0.25) is 4.79 Å². The standard InChI is InChI=1S/C18H28O2Si/c1-18(2,3)21(4,5)20-17-12-8-15(9-13-17)14-6-10-16(19)11-7-14/h8-9,12-14H,6-7,10-11H2,1-5H3. The number of hydrogen-bond donors (Lipinski definition) is 0. The van der Waals surface area contributed by atoms with Gasteiger partial charge in [-0.15, -0.1) is 0 Å². The molecular weight excluding hydrogens is 276 g/mol. The van der Waals surface area contributed by atoms with Crippen LogP contribution in [0.2, 0.25) is 18.1 Å². The zero-order chi connectivity index (χ0) is 15.7. The van der Waals surface area contributed by atoms with Crippen molar-refractivity contribution >= 4 is 14.1 Å². The first-order valence-electron chi connectivity index (χ1n) is 8.00. The van der Waals surface area contributed by atoms with Gasteiger partial charge >= 0.3 is 0 Å². The van der Waals surface area contributed by atoms with Gasteiger partial charge in [0, 0.05) is 12.8 Å². The molecule has 0 aromatic heterocycles. The molecule has 0 heterocycles. The lowest BCUT2D eigenvalue weighted by atomic mass is 9.83. The van der Waals surface area contributed by atoms with E-state index in [0.29, 0.717) is 11.7 Å². The minimum atomic E-state index is -1.76. The average molecular weight is 305 g/mol. The molecule has 0 saturated heterocycles. The van der Waals surface area contributed by atoms with E-state index in [1.54, 1.807) is 0 Å². The molecule has 0 spiro atoms. The van der Waals surface area contributed by atoms with Crippen molar-refractivity contribution in [3.8, 4) is 5.75 Å². The van der Waals surface area contributed by atoms with Crippen LogP contribution in [0.4, 0.5) is 0 Å². The summed E-state index contributed by atoms with van der Waals surface area (Å²) in [4.78, 5) is 11.3. The van der Waals surface area contributed by atoms with Gasteiger partial charge in [-0.1, -0.05) is 32.9 Å². The molecule has 2 rings (SSSR count). The second-order valence-electron chi connectivity index (χ2n) is 7.74. The summed E-state index contributed by atoms with van der Waals surface area (Å²) in [7, 11) is -1.76. The molecule has 1 aliphatic carbocycles. The summed E-state index contributed by atoms with van der Waals surface area (Å²) in [5, 5.41) is 0.218. The maximum Gasteiger partial charge on any atom is 0.250 e. The van der Waals surface area contributed by atoms with Crippen molar-refractivity contribution in [3.05, 3.63) is 29.8 Å². The maximum atomic E-state index is 11.3. The van der Waals surface area contributed by atoms with Gasteiger partial charge in [-0.25, -0.2) is 0 Å². The first kappa shape index (κ1) is 16.3. The molecular formula is C18H28O2Si. The lowest BCUT2D eigenvalue weighted by Crippen LogP contribution is -2.43. The highest BCUT2D eigenvalue weighted by molar-refractivity contribution is 6.74. The predicted molar refractivity (Wildman–Crippen MR) is 90.5 cm³/mol. The average Bonchev–Trinajstić information content (AvgIpc) is 2.39. The fraction of sp³-hybridized carbons (Fsp3) is 0.611. The van der Waals surface area contributed by atoms with Gasteiger partial charge in [0.25, 0.3) is 0 Å². The van der Waals surface area contributed by atoms with Crippen LogP contribution < -0.4 is 4.43 Å². The first-order valence-corrected chi connectivity index (χ1v) is 10.9. The molecule has 1 aromatic carbocycles. The molecule has 0 aliphatic heterocycles. The van der Waals surface area contributed by atoms with Crippen LogP contribution in [0.15, 0.2) is 24.3 Å². The molecule has 0 N–H and O–H groups in total. The number of ketones is 1. The minimum absolute atomic E-state index is 0.218. The van der Waals surface area contributed by atoms with Crippen molar-refractivity contribution in [2.45, 2.75) is 70.5 Å². The molecule has 116 valence electrons. The topological polar surface area (TPSA) is 26.3 Å².